The second kappa shape index (κ2) is 11.4. The number of benzene rings is 2. The van der Waals surface area contributed by atoms with E-state index in [0.717, 1.165) is 35.1 Å². The van der Waals surface area contributed by atoms with Crippen LogP contribution in [0.3, 0.4) is 0 Å². The molecule has 2 N–H and O–H groups in total. The van der Waals surface area contributed by atoms with Crippen molar-refractivity contribution in [2.75, 3.05) is 0 Å². The van der Waals surface area contributed by atoms with Crippen molar-refractivity contribution in [1.29, 1.82) is 0 Å². The summed E-state index contributed by atoms with van der Waals surface area (Å²) in [6.45, 7) is 12.6. The van der Waals surface area contributed by atoms with Crippen LogP contribution in [-0.4, -0.2) is 10.2 Å². The van der Waals surface area contributed by atoms with E-state index in [4.69, 9.17) is 0 Å². The van der Waals surface area contributed by atoms with E-state index in [-0.39, 0.29) is 0 Å². The molecular weight excluding hydrogens is 368 g/mol. The molecule has 0 aliphatic rings. The Bertz CT molecular complexity index is 748. The summed E-state index contributed by atoms with van der Waals surface area (Å²) in [4.78, 5) is 0. The molecule has 0 saturated heterocycles. The third-order valence-electron chi connectivity index (χ3n) is 6.20. The maximum atomic E-state index is 10.2. The first kappa shape index (κ1) is 24.3. The third-order valence-corrected chi connectivity index (χ3v) is 6.20. The van der Waals surface area contributed by atoms with Crippen LogP contribution in [0, 0.1) is 13.8 Å². The Morgan fingerprint density at radius 1 is 0.567 bits per heavy atom. The van der Waals surface area contributed by atoms with Gasteiger partial charge in [-0.3, -0.25) is 0 Å². The first-order valence-electron chi connectivity index (χ1n) is 11.9. The van der Waals surface area contributed by atoms with Crippen molar-refractivity contribution in [2.24, 2.45) is 0 Å². The van der Waals surface area contributed by atoms with Crippen LogP contribution in [0.1, 0.15) is 111 Å². The topological polar surface area (TPSA) is 40.5 Å². The minimum atomic E-state index is 0.359. The number of aryl methyl sites for hydroxylation is 4. The van der Waals surface area contributed by atoms with Crippen LogP contribution in [0.25, 0.3) is 0 Å². The van der Waals surface area contributed by atoms with E-state index in [1.54, 1.807) is 0 Å². The predicted octanol–water partition coefficient (Wildman–Crippen LogP) is 8.09. The largest absolute Gasteiger partial charge is 0.507 e. The second-order valence-electron chi connectivity index (χ2n) is 9.63. The van der Waals surface area contributed by atoms with E-state index in [1.807, 2.05) is 13.8 Å². The molecule has 2 rings (SSSR count). The molecule has 0 aliphatic heterocycles. The Labute approximate surface area is 184 Å². The van der Waals surface area contributed by atoms with Crippen molar-refractivity contribution in [3.8, 4) is 11.5 Å². The van der Waals surface area contributed by atoms with Gasteiger partial charge in [-0.2, -0.15) is 0 Å². The summed E-state index contributed by atoms with van der Waals surface area (Å²) in [6.07, 6.45) is 9.77. The molecule has 0 aromatic heterocycles. The van der Waals surface area contributed by atoms with Crippen LogP contribution in [-0.2, 0) is 12.8 Å². The molecule has 2 heteroatoms. The molecule has 0 unspecified atom stereocenters. The van der Waals surface area contributed by atoms with Gasteiger partial charge in [-0.1, -0.05) is 77.6 Å². The van der Waals surface area contributed by atoms with Crippen molar-refractivity contribution < 1.29 is 10.2 Å². The van der Waals surface area contributed by atoms with Crippen LogP contribution in [0.15, 0.2) is 24.3 Å². The highest BCUT2D eigenvalue weighted by molar-refractivity contribution is 5.45. The SMILES string of the molecule is Cc1cc(CCCCCCCCc2cc(C)c(O)c(C(C)C)c2)cc(C(C)C)c1O. The Kier molecular flexibility index (Phi) is 9.27. The fourth-order valence-corrected chi connectivity index (χ4v) is 4.30. The number of phenols is 2. The van der Waals surface area contributed by atoms with Crippen molar-refractivity contribution in [3.63, 3.8) is 0 Å². The number of hydrogen-bond acceptors (Lipinski definition) is 2. The molecule has 2 aromatic rings. The lowest BCUT2D eigenvalue weighted by molar-refractivity contribution is 0.459. The molecule has 0 atom stereocenters. The number of aromatic hydroxyl groups is 2. The zero-order valence-electron chi connectivity index (χ0n) is 20.0. The zero-order valence-corrected chi connectivity index (χ0v) is 20.0. The maximum absolute atomic E-state index is 10.2. The molecule has 30 heavy (non-hydrogen) atoms. The highest BCUT2D eigenvalue weighted by Crippen LogP contribution is 2.31. The monoisotopic (exact) mass is 410 g/mol. The summed E-state index contributed by atoms with van der Waals surface area (Å²) in [6, 6.07) is 8.68. The minimum Gasteiger partial charge on any atom is -0.507 e. The highest BCUT2D eigenvalue weighted by Gasteiger charge is 2.11. The molecule has 166 valence electrons. The average molecular weight is 411 g/mol. The number of rotatable bonds is 11. The minimum absolute atomic E-state index is 0.359. The number of unbranched alkanes of at least 4 members (excludes halogenated alkanes) is 5. The fourth-order valence-electron chi connectivity index (χ4n) is 4.30. The summed E-state index contributed by atoms with van der Waals surface area (Å²) >= 11 is 0. The lowest BCUT2D eigenvalue weighted by Gasteiger charge is -2.14. The highest BCUT2D eigenvalue weighted by atomic mass is 16.3. The van der Waals surface area contributed by atoms with Crippen molar-refractivity contribution >= 4 is 0 Å². The molecule has 0 amide bonds. The quantitative estimate of drug-likeness (QED) is 0.367. The predicted molar refractivity (Wildman–Crippen MR) is 129 cm³/mol. The summed E-state index contributed by atoms with van der Waals surface area (Å²) in [5.74, 6) is 1.66. The molecule has 0 heterocycles. The lowest BCUT2D eigenvalue weighted by Crippen LogP contribution is -1.96. The first-order chi connectivity index (χ1) is 14.2. The van der Waals surface area contributed by atoms with Gasteiger partial charge in [-0.15, -0.1) is 0 Å². The standard InChI is InChI=1S/C28H42O2/c1-19(2)25-17-23(15-21(5)27(25)29)13-11-9-7-8-10-12-14-24-16-22(6)28(30)26(18-24)20(3)4/h15-20,29-30H,7-14H2,1-6H3. The first-order valence-corrected chi connectivity index (χ1v) is 11.9. The van der Waals surface area contributed by atoms with Crippen LogP contribution >= 0.6 is 0 Å². The summed E-state index contributed by atoms with van der Waals surface area (Å²) < 4.78 is 0. The van der Waals surface area contributed by atoms with Crippen LogP contribution in [0.4, 0.5) is 0 Å². The van der Waals surface area contributed by atoms with Crippen molar-refractivity contribution in [1.82, 2.24) is 0 Å². The summed E-state index contributed by atoms with van der Waals surface area (Å²) in [5.41, 5.74) is 6.88. The zero-order chi connectivity index (χ0) is 22.3. The molecule has 2 nitrogen and oxygen atoms in total. The van der Waals surface area contributed by atoms with Gasteiger partial charge in [-0.25, -0.2) is 0 Å². The van der Waals surface area contributed by atoms with Gasteiger partial charge in [0.15, 0.2) is 0 Å². The maximum Gasteiger partial charge on any atom is 0.121 e. The lowest BCUT2D eigenvalue weighted by atomic mass is 9.94. The molecule has 0 saturated carbocycles. The van der Waals surface area contributed by atoms with E-state index in [9.17, 15) is 10.2 Å². The number of hydrogen-bond donors (Lipinski definition) is 2. The molecule has 0 radical (unpaired) electrons. The van der Waals surface area contributed by atoms with Crippen molar-refractivity contribution in [3.05, 3.63) is 57.6 Å². The van der Waals surface area contributed by atoms with Gasteiger partial charge in [0, 0.05) is 0 Å². The van der Waals surface area contributed by atoms with Gasteiger partial charge in [-0.05, 0) is 84.7 Å². The van der Waals surface area contributed by atoms with E-state index in [0.29, 0.717) is 23.3 Å². The second-order valence-corrected chi connectivity index (χ2v) is 9.63. The molecule has 0 fully saturated rings. The summed E-state index contributed by atoms with van der Waals surface area (Å²) in [7, 11) is 0. The Morgan fingerprint density at radius 3 is 1.23 bits per heavy atom. The van der Waals surface area contributed by atoms with Gasteiger partial charge in [0.25, 0.3) is 0 Å². The van der Waals surface area contributed by atoms with Gasteiger partial charge < -0.3 is 10.2 Å². The van der Waals surface area contributed by atoms with Crippen LogP contribution in [0.5, 0.6) is 11.5 Å². The Balaban J connectivity index is 1.69. The Hall–Kier alpha value is -1.96. The van der Waals surface area contributed by atoms with Crippen LogP contribution in [0.2, 0.25) is 0 Å². The van der Waals surface area contributed by atoms with Crippen LogP contribution < -0.4 is 0 Å². The summed E-state index contributed by atoms with van der Waals surface area (Å²) in [5, 5.41) is 20.5. The van der Waals surface area contributed by atoms with Crippen molar-refractivity contribution in [2.45, 2.75) is 105 Å². The molecular formula is C28H42O2. The van der Waals surface area contributed by atoms with Gasteiger partial charge in [0.2, 0.25) is 0 Å². The third kappa shape index (κ3) is 6.79. The number of phenolic OH excluding ortho intramolecular Hbond substituents is 2. The normalized spacial score (nSPS) is 11.6. The molecule has 2 aromatic carbocycles. The molecule has 0 aliphatic carbocycles. The Morgan fingerprint density at radius 2 is 0.900 bits per heavy atom. The van der Waals surface area contributed by atoms with E-state index in [1.165, 1.54) is 49.7 Å². The van der Waals surface area contributed by atoms with E-state index < -0.39 is 0 Å². The van der Waals surface area contributed by atoms with Gasteiger partial charge >= 0.3 is 0 Å². The smallest absolute Gasteiger partial charge is 0.121 e. The average Bonchev–Trinajstić information content (AvgIpc) is 2.68. The fraction of sp³-hybridized carbons (Fsp3) is 0.571. The van der Waals surface area contributed by atoms with E-state index in [2.05, 4.69) is 52.0 Å². The van der Waals surface area contributed by atoms with E-state index >= 15 is 0 Å². The van der Waals surface area contributed by atoms with Gasteiger partial charge in [0.1, 0.15) is 11.5 Å². The van der Waals surface area contributed by atoms with Gasteiger partial charge in [0.05, 0.1) is 0 Å². The molecule has 0 bridgehead atoms. The molecule has 0 spiro atoms.